The van der Waals surface area contributed by atoms with E-state index in [1.165, 1.54) is 0 Å². The zero-order valence-corrected chi connectivity index (χ0v) is 8.83. The van der Waals surface area contributed by atoms with E-state index in [1.807, 2.05) is 0 Å². The highest BCUT2D eigenvalue weighted by molar-refractivity contribution is 5.35. The van der Waals surface area contributed by atoms with Gasteiger partial charge in [-0.2, -0.15) is 26.3 Å². The van der Waals surface area contributed by atoms with Crippen LogP contribution in [0.1, 0.15) is 11.1 Å². The number of aryl methyl sites for hydroxylation is 1. The van der Waals surface area contributed by atoms with Gasteiger partial charge in [0, 0.05) is 5.56 Å². The van der Waals surface area contributed by atoms with Crippen LogP contribution in [0.25, 0.3) is 0 Å². The Morgan fingerprint density at radius 1 is 0.944 bits per heavy atom. The van der Waals surface area contributed by atoms with Crippen molar-refractivity contribution >= 4 is 0 Å². The van der Waals surface area contributed by atoms with Gasteiger partial charge in [0.2, 0.25) is 0 Å². The molecule has 0 amide bonds. The third-order valence-corrected chi connectivity index (χ3v) is 2.40. The quantitative estimate of drug-likeness (QED) is 0.779. The van der Waals surface area contributed by atoms with Crippen molar-refractivity contribution in [2.45, 2.75) is 24.9 Å². The fourth-order valence-electron chi connectivity index (χ4n) is 1.53. The molecule has 0 unspecified atom stereocenters. The van der Waals surface area contributed by atoms with Gasteiger partial charge < -0.3 is 5.11 Å². The maximum absolute atomic E-state index is 13.2. The van der Waals surface area contributed by atoms with Gasteiger partial charge in [-0.25, -0.2) is 4.39 Å². The number of alkyl halides is 6. The molecule has 1 aromatic rings. The summed E-state index contributed by atoms with van der Waals surface area (Å²) in [6.45, 7) is 0.848. The Labute approximate surface area is 96.8 Å². The highest BCUT2D eigenvalue weighted by Gasteiger charge is 2.72. The fraction of sp³-hybridized carbons (Fsp3) is 0.400. The van der Waals surface area contributed by atoms with E-state index < -0.39 is 34.9 Å². The van der Waals surface area contributed by atoms with E-state index in [1.54, 1.807) is 0 Å². The van der Waals surface area contributed by atoms with Crippen LogP contribution in [0, 0.1) is 12.7 Å². The van der Waals surface area contributed by atoms with E-state index in [2.05, 4.69) is 0 Å². The summed E-state index contributed by atoms with van der Waals surface area (Å²) in [5.41, 5.74) is -7.70. The van der Waals surface area contributed by atoms with Crippen LogP contribution in [0.3, 0.4) is 0 Å². The van der Waals surface area contributed by atoms with Crippen LogP contribution in [0.15, 0.2) is 18.2 Å². The topological polar surface area (TPSA) is 20.2 Å². The van der Waals surface area contributed by atoms with Crippen molar-refractivity contribution < 1.29 is 35.8 Å². The molecule has 102 valence electrons. The normalized spacial score (nSPS) is 13.8. The maximum atomic E-state index is 13.2. The lowest BCUT2D eigenvalue weighted by atomic mass is 9.88. The van der Waals surface area contributed by atoms with E-state index in [0.29, 0.717) is 6.07 Å². The Bertz CT molecular complexity index is 412. The molecule has 0 aliphatic heterocycles. The molecule has 0 spiro atoms. The Hall–Kier alpha value is -1.31. The first-order chi connectivity index (χ1) is 7.93. The van der Waals surface area contributed by atoms with Crippen molar-refractivity contribution in [1.82, 2.24) is 0 Å². The highest BCUT2D eigenvalue weighted by atomic mass is 19.4. The van der Waals surface area contributed by atoms with Gasteiger partial charge in [0.1, 0.15) is 5.82 Å². The molecule has 8 heteroatoms. The van der Waals surface area contributed by atoms with E-state index >= 15 is 0 Å². The molecule has 1 rings (SSSR count). The Morgan fingerprint density at radius 3 is 1.72 bits per heavy atom. The largest absolute Gasteiger partial charge is 0.430 e. The summed E-state index contributed by atoms with van der Waals surface area (Å²) in [6, 6.07) is 2.22. The van der Waals surface area contributed by atoms with E-state index in [0.717, 1.165) is 19.1 Å². The van der Waals surface area contributed by atoms with Gasteiger partial charge in [0.15, 0.2) is 0 Å². The molecule has 1 nitrogen and oxygen atoms in total. The number of rotatable bonds is 1. The molecule has 0 heterocycles. The first-order valence-electron chi connectivity index (χ1n) is 4.54. The molecule has 0 fully saturated rings. The first-order valence-corrected chi connectivity index (χ1v) is 4.54. The molecule has 1 aromatic carbocycles. The van der Waals surface area contributed by atoms with Gasteiger partial charge in [-0.05, 0) is 18.6 Å². The molecule has 0 saturated carbocycles. The van der Waals surface area contributed by atoms with Crippen LogP contribution >= 0.6 is 0 Å². The average molecular weight is 276 g/mol. The lowest BCUT2D eigenvalue weighted by Gasteiger charge is -2.33. The van der Waals surface area contributed by atoms with Gasteiger partial charge in [-0.15, -0.1) is 0 Å². The molecular weight excluding hydrogens is 269 g/mol. The molecule has 0 aromatic heterocycles. The molecule has 1 N–H and O–H groups in total. The number of benzene rings is 1. The van der Waals surface area contributed by atoms with Crippen LogP contribution in [0.5, 0.6) is 0 Å². The van der Waals surface area contributed by atoms with E-state index in [-0.39, 0.29) is 0 Å². The predicted octanol–water partition coefficient (Wildman–Crippen LogP) is 3.45. The predicted molar refractivity (Wildman–Crippen MR) is 47.1 cm³/mol. The monoisotopic (exact) mass is 276 g/mol. The summed E-state index contributed by atoms with van der Waals surface area (Å²) in [4.78, 5) is 0. The zero-order valence-electron chi connectivity index (χ0n) is 8.83. The number of hydrogen-bond donors (Lipinski definition) is 1. The number of halogens is 7. The maximum Gasteiger partial charge on any atom is 0.430 e. The lowest BCUT2D eigenvalue weighted by molar-refractivity contribution is -0.377. The zero-order chi connectivity index (χ0) is 14.4. The summed E-state index contributed by atoms with van der Waals surface area (Å²) in [5, 5.41) is 9.03. The second kappa shape index (κ2) is 4.11. The van der Waals surface area contributed by atoms with E-state index in [4.69, 9.17) is 5.11 Å². The van der Waals surface area contributed by atoms with Gasteiger partial charge in [-0.3, -0.25) is 0 Å². The van der Waals surface area contributed by atoms with Gasteiger partial charge >= 0.3 is 12.4 Å². The second-order valence-corrected chi connectivity index (χ2v) is 3.64. The van der Waals surface area contributed by atoms with Gasteiger partial charge in [0.05, 0.1) is 0 Å². The standard InChI is InChI=1S/C10H7F7O/c1-5-3-2-4-6(11)7(5)8(18,9(12,13)14)10(15,16)17/h2-4,18H,1H3. The van der Waals surface area contributed by atoms with Crippen LogP contribution in [0.4, 0.5) is 30.7 Å². The summed E-state index contributed by atoms with van der Waals surface area (Å²) in [6.07, 6.45) is -12.2. The van der Waals surface area contributed by atoms with E-state index in [9.17, 15) is 30.7 Å². The molecule has 0 aliphatic rings. The highest BCUT2D eigenvalue weighted by Crippen LogP contribution is 2.51. The Kier molecular flexibility index (Phi) is 3.37. The number of aliphatic hydroxyl groups is 1. The summed E-state index contributed by atoms with van der Waals surface area (Å²) in [5.74, 6) is -1.77. The fourth-order valence-corrected chi connectivity index (χ4v) is 1.53. The molecule has 18 heavy (non-hydrogen) atoms. The minimum atomic E-state index is -6.09. The van der Waals surface area contributed by atoms with Crippen LogP contribution < -0.4 is 0 Å². The molecule has 0 bridgehead atoms. The summed E-state index contributed by atoms with van der Waals surface area (Å²) >= 11 is 0. The average Bonchev–Trinajstić information content (AvgIpc) is 2.13. The van der Waals surface area contributed by atoms with Gasteiger partial charge in [0.25, 0.3) is 5.60 Å². The van der Waals surface area contributed by atoms with Crippen LogP contribution in [-0.4, -0.2) is 17.5 Å². The smallest absolute Gasteiger partial charge is 0.369 e. The van der Waals surface area contributed by atoms with Crippen molar-refractivity contribution in [2.24, 2.45) is 0 Å². The molecule has 0 radical (unpaired) electrons. The number of hydrogen-bond acceptors (Lipinski definition) is 1. The molecule has 0 aliphatic carbocycles. The minimum Gasteiger partial charge on any atom is -0.369 e. The lowest BCUT2D eigenvalue weighted by Crippen LogP contribution is -2.54. The minimum absolute atomic E-state index is 0.421. The first kappa shape index (κ1) is 14.7. The molecule has 0 atom stereocenters. The Balaban J connectivity index is 3.67. The van der Waals surface area contributed by atoms with Crippen LogP contribution in [0.2, 0.25) is 0 Å². The molecular formula is C10H7F7O. The second-order valence-electron chi connectivity index (χ2n) is 3.64. The van der Waals surface area contributed by atoms with Crippen molar-refractivity contribution in [2.75, 3.05) is 0 Å². The third kappa shape index (κ3) is 2.05. The van der Waals surface area contributed by atoms with Crippen molar-refractivity contribution in [3.8, 4) is 0 Å². The Morgan fingerprint density at radius 2 is 1.39 bits per heavy atom. The summed E-state index contributed by atoms with van der Waals surface area (Å²) in [7, 11) is 0. The van der Waals surface area contributed by atoms with Crippen LogP contribution in [-0.2, 0) is 5.60 Å². The third-order valence-electron chi connectivity index (χ3n) is 2.40. The van der Waals surface area contributed by atoms with Crippen molar-refractivity contribution in [3.05, 3.63) is 35.1 Å². The molecule has 0 saturated heterocycles. The van der Waals surface area contributed by atoms with Crippen molar-refractivity contribution in [1.29, 1.82) is 0 Å². The van der Waals surface area contributed by atoms with Gasteiger partial charge in [-0.1, -0.05) is 12.1 Å². The van der Waals surface area contributed by atoms with Crippen molar-refractivity contribution in [3.63, 3.8) is 0 Å². The summed E-state index contributed by atoms with van der Waals surface area (Å²) < 4.78 is 88.3. The SMILES string of the molecule is Cc1cccc(F)c1C(O)(C(F)(F)F)C(F)(F)F.